The number of aromatic nitrogens is 1. The number of carbonyl (C=O) groups excluding carboxylic acids is 1. The number of hydrogen-bond acceptors (Lipinski definition) is 5. The molecule has 0 spiro atoms. The van der Waals surface area contributed by atoms with E-state index in [-0.39, 0.29) is 5.91 Å². The van der Waals surface area contributed by atoms with Crippen LogP contribution in [0.1, 0.15) is 42.7 Å². The van der Waals surface area contributed by atoms with E-state index in [1.165, 1.54) is 42.7 Å². The Morgan fingerprint density at radius 1 is 1.30 bits per heavy atom. The van der Waals surface area contributed by atoms with Crippen LogP contribution in [0.5, 0.6) is 0 Å². The molecule has 3 aliphatic rings. The second kappa shape index (κ2) is 6.87. The van der Waals surface area contributed by atoms with E-state index >= 15 is 0 Å². The van der Waals surface area contributed by atoms with Crippen LogP contribution < -0.4 is 5.32 Å². The van der Waals surface area contributed by atoms with Crippen LogP contribution >= 0.6 is 11.3 Å². The lowest BCUT2D eigenvalue weighted by molar-refractivity contribution is -0.121. The number of amides is 1. The molecule has 4 rings (SSSR count). The van der Waals surface area contributed by atoms with E-state index in [2.05, 4.69) is 15.2 Å². The third kappa shape index (κ3) is 3.59. The second-order valence-corrected chi connectivity index (χ2v) is 8.06. The lowest BCUT2D eigenvalue weighted by Gasteiger charge is -2.40. The summed E-state index contributed by atoms with van der Waals surface area (Å²) in [5.41, 5.74) is 1.20. The van der Waals surface area contributed by atoms with E-state index < -0.39 is 0 Å². The van der Waals surface area contributed by atoms with Crippen molar-refractivity contribution in [2.24, 2.45) is 5.92 Å². The van der Waals surface area contributed by atoms with E-state index in [4.69, 9.17) is 4.74 Å². The second-order valence-electron chi connectivity index (χ2n) is 6.98. The van der Waals surface area contributed by atoms with Gasteiger partial charge in [0.1, 0.15) is 0 Å². The quantitative estimate of drug-likeness (QED) is 0.918. The summed E-state index contributed by atoms with van der Waals surface area (Å²) < 4.78 is 5.88. The molecule has 0 bridgehead atoms. The summed E-state index contributed by atoms with van der Waals surface area (Å²) >= 11 is 1.66. The van der Waals surface area contributed by atoms with Crippen molar-refractivity contribution in [3.8, 4) is 0 Å². The Morgan fingerprint density at radius 2 is 2.17 bits per heavy atom. The number of fused-ring (bicyclic) bond motifs is 1. The fourth-order valence-corrected chi connectivity index (χ4v) is 4.81. The number of thiazole rings is 1. The first-order valence-corrected chi connectivity index (χ1v) is 9.72. The van der Waals surface area contributed by atoms with Gasteiger partial charge >= 0.3 is 0 Å². The molecule has 5 nitrogen and oxygen atoms in total. The van der Waals surface area contributed by atoms with Gasteiger partial charge < -0.3 is 10.1 Å². The molecule has 126 valence electrons. The minimum absolute atomic E-state index is 0.0605. The molecule has 1 saturated heterocycles. The van der Waals surface area contributed by atoms with Crippen LogP contribution in [0.4, 0.5) is 5.13 Å². The fraction of sp³-hybridized carbons (Fsp3) is 0.765. The number of ether oxygens (including phenoxy) is 1. The fourth-order valence-electron chi connectivity index (χ4n) is 3.74. The van der Waals surface area contributed by atoms with Crippen molar-refractivity contribution < 1.29 is 9.53 Å². The molecular formula is C17H25N3O2S. The van der Waals surface area contributed by atoms with Crippen LogP contribution in [0.25, 0.3) is 0 Å². The van der Waals surface area contributed by atoms with Gasteiger partial charge in [0, 0.05) is 18.0 Å². The summed E-state index contributed by atoms with van der Waals surface area (Å²) in [6, 6.07) is 0. The molecule has 1 N–H and O–H groups in total. The zero-order valence-corrected chi connectivity index (χ0v) is 14.4. The van der Waals surface area contributed by atoms with Gasteiger partial charge in [-0.05, 0) is 44.4 Å². The van der Waals surface area contributed by atoms with Crippen LogP contribution in [0.3, 0.4) is 0 Å². The summed E-state index contributed by atoms with van der Waals surface area (Å²) in [6.07, 6.45) is 8.89. The van der Waals surface area contributed by atoms with Gasteiger partial charge in [-0.2, -0.15) is 0 Å². The van der Waals surface area contributed by atoms with Crippen molar-refractivity contribution in [1.82, 2.24) is 9.88 Å². The highest BCUT2D eigenvalue weighted by atomic mass is 32.1. The first kappa shape index (κ1) is 15.5. The average Bonchev–Trinajstić information content (AvgIpc) is 2.87. The maximum atomic E-state index is 12.3. The molecule has 0 radical (unpaired) electrons. The van der Waals surface area contributed by atoms with E-state index in [9.17, 15) is 4.79 Å². The minimum Gasteiger partial charge on any atom is -0.375 e. The standard InChI is InChI=1S/C17H25N3O2S/c21-16(19-17-18-13-6-1-2-7-15(13)23-17)11-20-8-9-22-14(10-20)12-4-3-5-12/h12,14H,1-11H2,(H,18,19,21). The third-order valence-corrected chi connectivity index (χ3v) is 6.39. The lowest BCUT2D eigenvalue weighted by atomic mass is 9.80. The van der Waals surface area contributed by atoms with E-state index in [1.807, 2.05) is 0 Å². The van der Waals surface area contributed by atoms with Crippen molar-refractivity contribution in [3.05, 3.63) is 10.6 Å². The molecule has 2 heterocycles. The van der Waals surface area contributed by atoms with Crippen LogP contribution in [0, 0.1) is 5.92 Å². The van der Waals surface area contributed by atoms with Crippen molar-refractivity contribution in [3.63, 3.8) is 0 Å². The average molecular weight is 335 g/mol. The van der Waals surface area contributed by atoms with Gasteiger partial charge in [0.25, 0.3) is 0 Å². The summed E-state index contributed by atoms with van der Waals surface area (Å²) in [4.78, 5) is 20.5. The lowest BCUT2D eigenvalue weighted by Crippen LogP contribution is -2.49. The molecule has 1 unspecified atom stereocenters. The predicted molar refractivity (Wildman–Crippen MR) is 90.9 cm³/mol. The Kier molecular flexibility index (Phi) is 4.64. The minimum atomic E-state index is 0.0605. The number of anilines is 1. The Bertz CT molecular complexity index is 547. The molecule has 0 aromatic carbocycles. The van der Waals surface area contributed by atoms with E-state index in [0.717, 1.165) is 37.7 Å². The molecule has 23 heavy (non-hydrogen) atoms. The number of hydrogen-bond donors (Lipinski definition) is 1. The SMILES string of the molecule is O=C(CN1CCOC(C2CCC2)C1)Nc1nc2c(s1)CCCC2. The summed E-state index contributed by atoms with van der Waals surface area (Å²) in [6.45, 7) is 2.95. The zero-order chi connectivity index (χ0) is 15.6. The van der Waals surface area contributed by atoms with Gasteiger partial charge in [-0.25, -0.2) is 4.98 Å². The van der Waals surface area contributed by atoms with Crippen LogP contribution in [0.15, 0.2) is 0 Å². The van der Waals surface area contributed by atoms with E-state index in [1.54, 1.807) is 11.3 Å². The predicted octanol–water partition coefficient (Wildman–Crippen LogP) is 2.46. The summed E-state index contributed by atoms with van der Waals surface area (Å²) in [7, 11) is 0. The van der Waals surface area contributed by atoms with Crippen molar-refractivity contribution in [2.45, 2.75) is 51.0 Å². The summed E-state index contributed by atoms with van der Waals surface area (Å²) in [5.74, 6) is 0.775. The van der Waals surface area contributed by atoms with Gasteiger partial charge in [0.2, 0.25) is 5.91 Å². The maximum Gasteiger partial charge on any atom is 0.240 e. The number of nitrogens with zero attached hydrogens (tertiary/aromatic N) is 2. The topological polar surface area (TPSA) is 54.5 Å². The Balaban J connectivity index is 1.30. The van der Waals surface area contributed by atoms with Gasteiger partial charge in [0.05, 0.1) is 24.9 Å². The number of aryl methyl sites for hydroxylation is 2. The van der Waals surface area contributed by atoms with Gasteiger partial charge in [-0.15, -0.1) is 11.3 Å². The Hall–Kier alpha value is -0.980. The van der Waals surface area contributed by atoms with E-state index in [0.29, 0.717) is 18.6 Å². The zero-order valence-electron chi connectivity index (χ0n) is 13.6. The Labute approximate surface area is 141 Å². The molecule has 6 heteroatoms. The number of morpholine rings is 1. The molecule has 1 aromatic heterocycles. The molecule has 1 aromatic rings. The first-order chi connectivity index (χ1) is 11.3. The van der Waals surface area contributed by atoms with Gasteiger partial charge in [-0.1, -0.05) is 6.42 Å². The van der Waals surface area contributed by atoms with Crippen LogP contribution in [-0.4, -0.2) is 48.1 Å². The smallest absolute Gasteiger partial charge is 0.240 e. The molecule has 1 saturated carbocycles. The van der Waals surface area contributed by atoms with Crippen molar-refractivity contribution >= 4 is 22.4 Å². The highest BCUT2D eigenvalue weighted by Gasteiger charge is 2.32. The monoisotopic (exact) mass is 335 g/mol. The molecule has 1 amide bonds. The van der Waals surface area contributed by atoms with Crippen molar-refractivity contribution in [2.75, 3.05) is 31.6 Å². The van der Waals surface area contributed by atoms with Gasteiger partial charge in [-0.3, -0.25) is 9.69 Å². The van der Waals surface area contributed by atoms with Crippen molar-refractivity contribution in [1.29, 1.82) is 0 Å². The Morgan fingerprint density at radius 3 is 2.96 bits per heavy atom. The first-order valence-electron chi connectivity index (χ1n) is 8.90. The number of rotatable bonds is 4. The highest BCUT2D eigenvalue weighted by molar-refractivity contribution is 7.15. The van der Waals surface area contributed by atoms with Crippen LogP contribution in [-0.2, 0) is 22.4 Å². The molecule has 2 aliphatic carbocycles. The van der Waals surface area contributed by atoms with Crippen LogP contribution in [0.2, 0.25) is 0 Å². The highest BCUT2D eigenvalue weighted by Crippen LogP contribution is 2.33. The third-order valence-electron chi connectivity index (χ3n) is 5.31. The molecule has 1 aliphatic heterocycles. The molecule has 2 fully saturated rings. The maximum absolute atomic E-state index is 12.3. The number of carbonyl (C=O) groups is 1. The molecule has 1 atom stereocenters. The number of nitrogens with one attached hydrogen (secondary N) is 1. The summed E-state index contributed by atoms with van der Waals surface area (Å²) in [5, 5.41) is 3.79. The molecular weight excluding hydrogens is 310 g/mol. The normalized spacial score (nSPS) is 25.7. The largest absolute Gasteiger partial charge is 0.375 e. The van der Waals surface area contributed by atoms with Gasteiger partial charge in [0.15, 0.2) is 5.13 Å².